The van der Waals surface area contributed by atoms with Gasteiger partial charge in [-0.3, -0.25) is 9.59 Å². The number of carbonyl (C=O) groups is 3. The Kier molecular flexibility index (Phi) is 7.45. The molecule has 3 aromatic rings. The molecule has 0 aliphatic heterocycles. The molecule has 0 heterocycles. The van der Waals surface area contributed by atoms with Crippen LogP contribution >= 0.6 is 0 Å². The van der Waals surface area contributed by atoms with E-state index in [1.54, 1.807) is 31.2 Å². The number of fused-ring (bicyclic) bond motifs is 3. The highest BCUT2D eigenvalue weighted by molar-refractivity contribution is 5.87. The summed E-state index contributed by atoms with van der Waals surface area (Å²) >= 11 is 0. The molecule has 35 heavy (non-hydrogen) atoms. The van der Waals surface area contributed by atoms with E-state index in [0.29, 0.717) is 12.0 Å². The van der Waals surface area contributed by atoms with Gasteiger partial charge in [0.1, 0.15) is 12.6 Å². The van der Waals surface area contributed by atoms with Gasteiger partial charge in [-0.05, 0) is 34.2 Å². The number of nitrogens with one attached hydrogen (secondary N) is 2. The molecule has 2 amide bonds. The van der Waals surface area contributed by atoms with Gasteiger partial charge in [0.15, 0.2) is 0 Å². The van der Waals surface area contributed by atoms with Crippen LogP contribution in [-0.2, 0) is 14.3 Å². The Morgan fingerprint density at radius 2 is 1.43 bits per heavy atom. The van der Waals surface area contributed by atoms with E-state index in [0.717, 1.165) is 22.3 Å². The highest BCUT2D eigenvalue weighted by Gasteiger charge is 2.30. The minimum atomic E-state index is -1.02. The van der Waals surface area contributed by atoms with Gasteiger partial charge in [0, 0.05) is 12.0 Å². The SMILES string of the molecule is CC[C@H](CC(=O)O)NC(=O)[C@H](NC(=O)OCC1c2ccccc2-c2ccccc21)c1ccccc1. The molecule has 180 valence electrons. The molecule has 2 atom stereocenters. The number of benzene rings is 3. The largest absolute Gasteiger partial charge is 0.481 e. The lowest BCUT2D eigenvalue weighted by Crippen LogP contribution is -2.45. The first kappa shape index (κ1) is 24.0. The third-order valence-corrected chi connectivity index (χ3v) is 6.26. The minimum absolute atomic E-state index is 0.0998. The third-order valence-electron chi connectivity index (χ3n) is 6.26. The van der Waals surface area contributed by atoms with Crippen molar-refractivity contribution in [3.05, 3.63) is 95.6 Å². The maximum atomic E-state index is 13.0. The average molecular weight is 473 g/mol. The molecule has 0 bridgehead atoms. The fraction of sp³-hybridized carbons (Fsp3) is 0.250. The molecule has 0 aromatic heterocycles. The van der Waals surface area contributed by atoms with Crippen LogP contribution in [0.3, 0.4) is 0 Å². The van der Waals surface area contributed by atoms with Crippen molar-refractivity contribution < 1.29 is 24.2 Å². The first-order valence-corrected chi connectivity index (χ1v) is 11.7. The number of carboxylic acid groups (broad SMARTS) is 1. The van der Waals surface area contributed by atoms with Crippen molar-refractivity contribution in [1.29, 1.82) is 0 Å². The number of hydrogen-bond acceptors (Lipinski definition) is 4. The zero-order valence-electron chi connectivity index (χ0n) is 19.4. The third kappa shape index (κ3) is 5.51. The number of carbonyl (C=O) groups excluding carboxylic acids is 2. The Balaban J connectivity index is 1.47. The summed E-state index contributed by atoms with van der Waals surface area (Å²) in [6.45, 7) is 1.92. The molecule has 0 spiro atoms. The lowest BCUT2D eigenvalue weighted by atomic mass is 9.98. The highest BCUT2D eigenvalue weighted by atomic mass is 16.5. The summed E-state index contributed by atoms with van der Waals surface area (Å²) in [6.07, 6.45) is -0.471. The topological polar surface area (TPSA) is 105 Å². The second-order valence-electron chi connectivity index (χ2n) is 8.53. The monoisotopic (exact) mass is 472 g/mol. The van der Waals surface area contributed by atoms with Crippen LogP contribution in [0.1, 0.15) is 48.4 Å². The zero-order valence-corrected chi connectivity index (χ0v) is 19.4. The molecule has 0 radical (unpaired) electrons. The molecule has 4 rings (SSSR count). The number of hydrogen-bond donors (Lipinski definition) is 3. The summed E-state index contributed by atoms with van der Waals surface area (Å²) < 4.78 is 5.61. The van der Waals surface area contributed by atoms with Crippen molar-refractivity contribution in [3.8, 4) is 11.1 Å². The molecule has 0 saturated carbocycles. The number of rotatable bonds is 9. The van der Waals surface area contributed by atoms with Crippen molar-refractivity contribution in [1.82, 2.24) is 10.6 Å². The Bertz CT molecular complexity index is 1170. The second-order valence-corrected chi connectivity index (χ2v) is 8.53. The molecular formula is C28H28N2O5. The van der Waals surface area contributed by atoms with Crippen molar-refractivity contribution in [2.24, 2.45) is 0 Å². The fourth-order valence-corrected chi connectivity index (χ4v) is 4.50. The van der Waals surface area contributed by atoms with Crippen LogP contribution in [0.25, 0.3) is 11.1 Å². The van der Waals surface area contributed by atoms with Gasteiger partial charge in [0.2, 0.25) is 5.91 Å². The smallest absolute Gasteiger partial charge is 0.408 e. The summed E-state index contributed by atoms with van der Waals surface area (Å²) in [4.78, 5) is 37.0. The molecule has 0 unspecified atom stereocenters. The van der Waals surface area contributed by atoms with Crippen LogP contribution < -0.4 is 10.6 Å². The average Bonchev–Trinajstić information content (AvgIpc) is 3.19. The van der Waals surface area contributed by atoms with Gasteiger partial charge in [-0.25, -0.2) is 4.79 Å². The second kappa shape index (κ2) is 10.9. The Morgan fingerprint density at radius 1 is 0.857 bits per heavy atom. The number of ether oxygens (including phenoxy) is 1. The van der Waals surface area contributed by atoms with Crippen LogP contribution in [0.2, 0.25) is 0 Å². The number of aliphatic carboxylic acids is 1. The van der Waals surface area contributed by atoms with Crippen molar-refractivity contribution in [2.75, 3.05) is 6.61 Å². The van der Waals surface area contributed by atoms with Crippen LogP contribution in [0.4, 0.5) is 4.79 Å². The highest BCUT2D eigenvalue weighted by Crippen LogP contribution is 2.44. The van der Waals surface area contributed by atoms with E-state index in [9.17, 15) is 14.4 Å². The van der Waals surface area contributed by atoms with E-state index >= 15 is 0 Å². The maximum absolute atomic E-state index is 13.0. The van der Waals surface area contributed by atoms with E-state index in [4.69, 9.17) is 9.84 Å². The summed E-state index contributed by atoms with van der Waals surface area (Å²) in [7, 11) is 0. The Hall–Kier alpha value is -4.13. The standard InChI is InChI=1S/C28H28N2O5/c1-2-19(16-25(31)32)29-27(33)26(18-10-4-3-5-11-18)30-28(34)35-17-24-22-14-8-6-12-20(22)21-13-7-9-15-23(21)24/h3-15,19,24,26H,2,16-17H2,1H3,(H,29,33)(H,30,34)(H,31,32)/t19-,26-/m1/s1. The molecule has 1 aliphatic carbocycles. The van der Waals surface area contributed by atoms with Crippen molar-refractivity contribution in [2.45, 2.75) is 37.8 Å². The van der Waals surface area contributed by atoms with Crippen molar-refractivity contribution in [3.63, 3.8) is 0 Å². The summed E-state index contributed by atoms with van der Waals surface area (Å²) in [5.41, 5.74) is 5.02. The number of amides is 2. The lowest BCUT2D eigenvalue weighted by Gasteiger charge is -2.23. The molecule has 7 heteroatoms. The van der Waals surface area contributed by atoms with E-state index in [-0.39, 0.29) is 18.9 Å². The Labute approximate surface area is 204 Å². The van der Waals surface area contributed by atoms with Gasteiger partial charge in [-0.15, -0.1) is 0 Å². The molecule has 3 aromatic carbocycles. The zero-order chi connectivity index (χ0) is 24.8. The molecule has 0 saturated heterocycles. The quantitative estimate of drug-likeness (QED) is 0.421. The molecule has 3 N–H and O–H groups in total. The predicted molar refractivity (Wildman–Crippen MR) is 132 cm³/mol. The summed E-state index contributed by atoms with van der Waals surface area (Å²) in [5.74, 6) is -1.59. The van der Waals surface area contributed by atoms with Gasteiger partial charge in [-0.1, -0.05) is 85.8 Å². The lowest BCUT2D eigenvalue weighted by molar-refractivity contribution is -0.137. The number of alkyl carbamates (subject to hydrolysis) is 1. The predicted octanol–water partition coefficient (Wildman–Crippen LogP) is 4.64. The van der Waals surface area contributed by atoms with Gasteiger partial charge in [0.25, 0.3) is 0 Å². The van der Waals surface area contributed by atoms with Crippen LogP contribution in [0.5, 0.6) is 0 Å². The van der Waals surface area contributed by atoms with Gasteiger partial charge >= 0.3 is 12.1 Å². The van der Waals surface area contributed by atoms with Gasteiger partial charge in [0.05, 0.1) is 6.42 Å². The Morgan fingerprint density at radius 3 is 2.00 bits per heavy atom. The van der Waals surface area contributed by atoms with Gasteiger partial charge in [-0.2, -0.15) is 0 Å². The molecule has 0 fully saturated rings. The first-order valence-electron chi connectivity index (χ1n) is 11.7. The normalized spacial score (nSPS) is 13.7. The van der Waals surface area contributed by atoms with Crippen LogP contribution in [0.15, 0.2) is 78.9 Å². The summed E-state index contributed by atoms with van der Waals surface area (Å²) in [5, 5.41) is 14.5. The maximum Gasteiger partial charge on any atom is 0.408 e. The number of carboxylic acids is 1. The molecule has 7 nitrogen and oxygen atoms in total. The van der Waals surface area contributed by atoms with Gasteiger partial charge < -0.3 is 20.5 Å². The van der Waals surface area contributed by atoms with E-state index in [1.807, 2.05) is 42.5 Å². The fourth-order valence-electron chi connectivity index (χ4n) is 4.50. The molecule has 1 aliphatic rings. The van der Waals surface area contributed by atoms with Crippen LogP contribution in [0, 0.1) is 0 Å². The van der Waals surface area contributed by atoms with Crippen molar-refractivity contribution >= 4 is 18.0 Å². The van der Waals surface area contributed by atoms with E-state index in [2.05, 4.69) is 22.8 Å². The van der Waals surface area contributed by atoms with E-state index in [1.165, 1.54) is 0 Å². The van der Waals surface area contributed by atoms with Crippen LogP contribution in [-0.4, -0.2) is 35.7 Å². The molecular weight excluding hydrogens is 444 g/mol. The first-order chi connectivity index (χ1) is 17.0. The summed E-state index contributed by atoms with van der Waals surface area (Å²) in [6, 6.07) is 23.3. The minimum Gasteiger partial charge on any atom is -0.481 e. The van der Waals surface area contributed by atoms with E-state index < -0.39 is 30.1 Å².